The smallest absolute Gasteiger partial charge is 0.159 e. The van der Waals surface area contributed by atoms with Crippen LogP contribution >= 0.6 is 0 Å². The lowest BCUT2D eigenvalue weighted by atomic mass is 9.61. The summed E-state index contributed by atoms with van der Waals surface area (Å²) < 4.78 is 6.72. The fourth-order valence-corrected chi connectivity index (χ4v) is 9.14. The van der Waals surface area contributed by atoms with Crippen molar-refractivity contribution in [2.75, 3.05) is 9.80 Å². The van der Waals surface area contributed by atoms with E-state index in [2.05, 4.69) is 162 Å². The topological polar surface area (TPSA) is 19.6 Å². The van der Waals surface area contributed by atoms with Crippen LogP contribution < -0.4 is 9.80 Å². The van der Waals surface area contributed by atoms with Gasteiger partial charge in [-0.3, -0.25) is 0 Å². The Morgan fingerprint density at radius 3 is 2.19 bits per heavy atom. The maximum atomic E-state index is 6.72. The van der Waals surface area contributed by atoms with Crippen molar-refractivity contribution < 1.29 is 4.42 Å². The molecule has 3 nitrogen and oxygen atoms in total. The molecule has 1 aromatic heterocycles. The van der Waals surface area contributed by atoms with Gasteiger partial charge < -0.3 is 14.2 Å². The van der Waals surface area contributed by atoms with Gasteiger partial charge in [-0.2, -0.15) is 0 Å². The maximum Gasteiger partial charge on any atom is 0.159 e. The van der Waals surface area contributed by atoms with Gasteiger partial charge in [0.25, 0.3) is 0 Å². The van der Waals surface area contributed by atoms with Crippen molar-refractivity contribution in [1.82, 2.24) is 0 Å². The van der Waals surface area contributed by atoms with Crippen LogP contribution in [0.15, 0.2) is 101 Å². The minimum Gasteiger partial charge on any atom is -0.454 e. The Bertz CT molecular complexity index is 2190. The number of rotatable bonds is 4. The molecule has 48 heavy (non-hydrogen) atoms. The molecule has 2 aliphatic rings. The van der Waals surface area contributed by atoms with Gasteiger partial charge in [0.1, 0.15) is 5.58 Å². The van der Waals surface area contributed by atoms with E-state index in [9.17, 15) is 0 Å². The standard InChI is InChI=1S/C45H48N2O/c1-29-24-33(28-34(25-29)47-38-19-11-10-18-37(38)44(7)22-13-14-23-45(44,47)8)46(41-30(2)26-32(27-31(41)3)43(4,5)6)39-20-15-17-36-35-16-9-12-21-40(35)48-42(36)39/h9-12,15-21,24-28H,13-14,22-23H2,1-8H3. The van der Waals surface area contributed by atoms with E-state index in [1.165, 1.54) is 70.6 Å². The second-order valence-electron chi connectivity index (χ2n) is 16.0. The van der Waals surface area contributed by atoms with Crippen molar-refractivity contribution in [1.29, 1.82) is 0 Å². The van der Waals surface area contributed by atoms with Gasteiger partial charge in [0.15, 0.2) is 5.58 Å². The van der Waals surface area contributed by atoms with Crippen molar-refractivity contribution in [3.63, 3.8) is 0 Å². The third-order valence-corrected chi connectivity index (χ3v) is 11.8. The summed E-state index contributed by atoms with van der Waals surface area (Å²) in [5.74, 6) is 0. The van der Waals surface area contributed by atoms with E-state index < -0.39 is 0 Å². The number of nitrogens with zero attached hydrogens (tertiary/aromatic N) is 2. The summed E-state index contributed by atoms with van der Waals surface area (Å²) in [6, 6.07) is 36.1. The molecule has 1 aliphatic carbocycles. The van der Waals surface area contributed by atoms with Crippen LogP contribution in [-0.2, 0) is 10.8 Å². The predicted molar refractivity (Wildman–Crippen MR) is 204 cm³/mol. The van der Waals surface area contributed by atoms with Crippen molar-refractivity contribution >= 4 is 50.4 Å². The Kier molecular flexibility index (Phi) is 6.90. The SMILES string of the molecule is Cc1cc(N(c2c(C)cc(C(C)(C)C)cc2C)c2cccc3c2oc2ccccc23)cc(N2c3ccccc3C3(C)CCCCC23C)c1. The van der Waals surface area contributed by atoms with E-state index >= 15 is 0 Å². The van der Waals surface area contributed by atoms with E-state index in [-0.39, 0.29) is 16.4 Å². The van der Waals surface area contributed by atoms with E-state index in [1.807, 2.05) is 0 Å². The number of fused-ring (bicyclic) bond motifs is 6. The van der Waals surface area contributed by atoms with Gasteiger partial charge in [0.05, 0.1) is 16.9 Å². The first-order chi connectivity index (χ1) is 22.9. The van der Waals surface area contributed by atoms with Crippen molar-refractivity contribution in [3.8, 4) is 0 Å². The number of aryl methyl sites for hydroxylation is 3. The molecule has 1 aliphatic heterocycles. The number of benzene rings is 5. The summed E-state index contributed by atoms with van der Waals surface area (Å²) in [4.78, 5) is 5.17. The molecule has 1 fully saturated rings. The van der Waals surface area contributed by atoms with Gasteiger partial charge in [0.2, 0.25) is 0 Å². The summed E-state index contributed by atoms with van der Waals surface area (Å²) in [5, 5.41) is 2.29. The van der Waals surface area contributed by atoms with Crippen LogP contribution in [0.4, 0.5) is 28.4 Å². The molecule has 2 atom stereocenters. The molecule has 244 valence electrons. The van der Waals surface area contributed by atoms with Crippen LogP contribution in [0.2, 0.25) is 0 Å². The minimum absolute atomic E-state index is 0.0101. The van der Waals surface area contributed by atoms with Gasteiger partial charge in [-0.15, -0.1) is 0 Å². The number of hydrogen-bond acceptors (Lipinski definition) is 3. The molecule has 6 aromatic rings. The van der Waals surface area contributed by atoms with Crippen LogP contribution in [0, 0.1) is 20.8 Å². The molecule has 8 rings (SSSR count). The zero-order chi connectivity index (χ0) is 33.6. The first kappa shape index (κ1) is 30.8. The highest BCUT2D eigenvalue weighted by Crippen LogP contribution is 2.61. The summed E-state index contributed by atoms with van der Waals surface area (Å²) in [7, 11) is 0. The molecule has 0 radical (unpaired) electrons. The molecule has 1 saturated carbocycles. The zero-order valence-electron chi connectivity index (χ0n) is 29.9. The molecule has 0 saturated heterocycles. The van der Waals surface area contributed by atoms with E-state index in [0.717, 1.165) is 33.3 Å². The van der Waals surface area contributed by atoms with Crippen molar-refractivity contribution in [2.45, 2.75) is 97.4 Å². The quantitative estimate of drug-likeness (QED) is 0.193. The Morgan fingerprint density at radius 1 is 0.729 bits per heavy atom. The second kappa shape index (κ2) is 10.8. The van der Waals surface area contributed by atoms with Crippen LogP contribution in [-0.4, -0.2) is 5.54 Å². The molecule has 0 amide bonds. The van der Waals surface area contributed by atoms with Gasteiger partial charge >= 0.3 is 0 Å². The molecule has 2 heterocycles. The number of anilines is 5. The van der Waals surface area contributed by atoms with Crippen LogP contribution in [0.25, 0.3) is 21.9 Å². The Morgan fingerprint density at radius 2 is 1.42 bits per heavy atom. The molecule has 5 aromatic carbocycles. The second-order valence-corrected chi connectivity index (χ2v) is 16.0. The first-order valence-electron chi connectivity index (χ1n) is 17.7. The van der Waals surface area contributed by atoms with Crippen LogP contribution in [0.5, 0.6) is 0 Å². The average molecular weight is 633 g/mol. The van der Waals surface area contributed by atoms with Crippen molar-refractivity contribution in [2.24, 2.45) is 0 Å². The van der Waals surface area contributed by atoms with E-state index in [0.29, 0.717) is 0 Å². The zero-order valence-corrected chi connectivity index (χ0v) is 29.9. The normalized spacial score (nSPS) is 20.7. The van der Waals surface area contributed by atoms with Gasteiger partial charge in [-0.1, -0.05) is 101 Å². The lowest BCUT2D eigenvalue weighted by Crippen LogP contribution is -2.54. The highest BCUT2D eigenvalue weighted by Gasteiger charge is 2.57. The fourth-order valence-electron chi connectivity index (χ4n) is 9.14. The number of para-hydroxylation sites is 3. The summed E-state index contributed by atoms with van der Waals surface area (Å²) >= 11 is 0. The third kappa shape index (κ3) is 4.46. The monoisotopic (exact) mass is 632 g/mol. The summed E-state index contributed by atoms with van der Waals surface area (Å²) in [6.45, 7) is 18.7. The lowest BCUT2D eigenvalue weighted by Gasteiger charge is -2.50. The van der Waals surface area contributed by atoms with Crippen LogP contribution in [0.3, 0.4) is 0 Å². The molecule has 0 spiro atoms. The molecule has 2 unspecified atom stereocenters. The maximum absolute atomic E-state index is 6.72. The minimum atomic E-state index is -0.0101. The largest absolute Gasteiger partial charge is 0.454 e. The summed E-state index contributed by atoms with van der Waals surface area (Å²) in [6.07, 6.45) is 4.93. The molecular weight excluding hydrogens is 585 g/mol. The Balaban J connectivity index is 1.40. The number of hydrogen-bond donors (Lipinski definition) is 0. The Hall–Kier alpha value is -4.50. The Labute approximate surface area is 286 Å². The lowest BCUT2D eigenvalue weighted by molar-refractivity contribution is 0.195. The third-order valence-electron chi connectivity index (χ3n) is 11.8. The average Bonchev–Trinajstić information content (AvgIpc) is 3.52. The summed E-state index contributed by atoms with van der Waals surface area (Å²) in [5.41, 5.74) is 14.6. The van der Waals surface area contributed by atoms with E-state index in [4.69, 9.17) is 4.42 Å². The highest BCUT2D eigenvalue weighted by molar-refractivity contribution is 6.10. The highest BCUT2D eigenvalue weighted by atomic mass is 16.3. The predicted octanol–water partition coefficient (Wildman–Crippen LogP) is 13.0. The molecule has 3 heteroatoms. The molecule has 0 bridgehead atoms. The fraction of sp³-hybridized carbons (Fsp3) is 0.333. The van der Waals surface area contributed by atoms with Gasteiger partial charge in [-0.25, -0.2) is 0 Å². The van der Waals surface area contributed by atoms with E-state index in [1.54, 1.807) is 0 Å². The first-order valence-corrected chi connectivity index (χ1v) is 17.7. The van der Waals surface area contributed by atoms with Crippen molar-refractivity contribution in [3.05, 3.63) is 125 Å². The molecular formula is C45H48N2O. The van der Waals surface area contributed by atoms with Gasteiger partial charge in [-0.05, 0) is 110 Å². The van der Waals surface area contributed by atoms with Gasteiger partial charge in [0, 0.05) is 33.2 Å². The van der Waals surface area contributed by atoms with Crippen LogP contribution in [0.1, 0.15) is 88.1 Å². The molecule has 0 N–H and O–H groups in total. The number of furan rings is 1.